The van der Waals surface area contributed by atoms with Crippen LogP contribution in [0.5, 0.6) is 0 Å². The lowest BCUT2D eigenvalue weighted by Crippen LogP contribution is -2.06. The van der Waals surface area contributed by atoms with E-state index < -0.39 is 0 Å². The molecule has 0 saturated carbocycles. The molecule has 0 aliphatic carbocycles. The molecule has 0 saturated heterocycles. The Labute approximate surface area is 99.4 Å². The molecule has 1 rings (SSSR count). The van der Waals surface area contributed by atoms with E-state index in [-0.39, 0.29) is 0 Å². The zero-order valence-corrected chi connectivity index (χ0v) is 10.8. The molecular weight excluding hydrogens is 287 g/mol. The molecule has 0 bridgehead atoms. The fourth-order valence-electron chi connectivity index (χ4n) is 1.19. The summed E-state index contributed by atoms with van der Waals surface area (Å²) in [4.78, 5) is 0. The molecule has 2 nitrogen and oxygen atoms in total. The maximum atomic E-state index is 5.87. The summed E-state index contributed by atoms with van der Waals surface area (Å²) in [5.41, 5.74) is 7.75. The van der Waals surface area contributed by atoms with Crippen LogP contribution in [0.3, 0.4) is 0 Å². The molecule has 3 heteroatoms. The summed E-state index contributed by atoms with van der Waals surface area (Å²) in [5.74, 6) is 0.729. The van der Waals surface area contributed by atoms with Crippen LogP contribution in [0.15, 0.2) is 18.2 Å². The van der Waals surface area contributed by atoms with Crippen LogP contribution in [0.25, 0.3) is 0 Å². The molecule has 0 aliphatic heterocycles. The first-order valence-electron chi connectivity index (χ1n) is 4.88. The van der Waals surface area contributed by atoms with Gasteiger partial charge in [0.15, 0.2) is 0 Å². The minimum atomic E-state index is 0.729. The Morgan fingerprint density at radius 2 is 2.14 bits per heavy atom. The van der Waals surface area contributed by atoms with E-state index in [0.29, 0.717) is 0 Å². The van der Waals surface area contributed by atoms with Gasteiger partial charge in [-0.25, -0.2) is 0 Å². The van der Waals surface area contributed by atoms with E-state index >= 15 is 0 Å². The summed E-state index contributed by atoms with van der Waals surface area (Å²) in [5, 5.41) is 3.34. The van der Waals surface area contributed by atoms with Gasteiger partial charge < -0.3 is 11.1 Å². The van der Waals surface area contributed by atoms with Gasteiger partial charge in [0, 0.05) is 10.1 Å². The summed E-state index contributed by atoms with van der Waals surface area (Å²) in [6, 6.07) is 6.09. The molecule has 78 valence electrons. The molecule has 0 aromatic heterocycles. The highest BCUT2D eigenvalue weighted by molar-refractivity contribution is 14.1. The number of nitrogen functional groups attached to an aromatic ring is 1. The number of hydrogen-bond donors (Lipinski definition) is 2. The summed E-state index contributed by atoms with van der Waals surface area (Å²) >= 11 is 2.26. The van der Waals surface area contributed by atoms with Crippen molar-refractivity contribution in [2.45, 2.75) is 20.3 Å². The lowest BCUT2D eigenvalue weighted by molar-refractivity contribution is 0.607. The topological polar surface area (TPSA) is 38.0 Å². The predicted molar refractivity (Wildman–Crippen MR) is 71.5 cm³/mol. The van der Waals surface area contributed by atoms with E-state index in [1.54, 1.807) is 0 Å². The quantitative estimate of drug-likeness (QED) is 0.661. The smallest absolute Gasteiger partial charge is 0.0574 e. The third-order valence-electron chi connectivity index (χ3n) is 2.05. The van der Waals surface area contributed by atoms with Crippen LogP contribution in [0.1, 0.15) is 20.3 Å². The maximum Gasteiger partial charge on any atom is 0.0574 e. The molecule has 0 heterocycles. The van der Waals surface area contributed by atoms with E-state index in [2.05, 4.69) is 47.8 Å². The Hall–Kier alpha value is -0.450. The van der Waals surface area contributed by atoms with Gasteiger partial charge in [-0.2, -0.15) is 0 Å². The third kappa shape index (κ3) is 3.74. The first kappa shape index (κ1) is 11.6. The molecule has 3 N–H and O–H groups in total. The highest BCUT2D eigenvalue weighted by Gasteiger charge is 1.99. The van der Waals surface area contributed by atoms with Gasteiger partial charge in [0.05, 0.1) is 11.4 Å². The standard InChI is InChI=1S/C11H17IN2/c1-8(2)5-6-14-11-4-3-9(12)7-10(11)13/h3-4,7-8,14H,5-6,13H2,1-2H3. The molecule has 0 atom stereocenters. The number of anilines is 2. The monoisotopic (exact) mass is 304 g/mol. The summed E-state index contributed by atoms with van der Waals surface area (Å²) in [6.07, 6.45) is 1.17. The second kappa shape index (κ2) is 5.44. The molecule has 0 aliphatic rings. The Bertz CT molecular complexity index is 297. The third-order valence-corrected chi connectivity index (χ3v) is 2.72. The Morgan fingerprint density at radius 1 is 1.43 bits per heavy atom. The van der Waals surface area contributed by atoms with Crippen molar-refractivity contribution in [1.82, 2.24) is 0 Å². The predicted octanol–water partition coefficient (Wildman–Crippen LogP) is 3.33. The van der Waals surface area contributed by atoms with Crippen LogP contribution in [0.2, 0.25) is 0 Å². The van der Waals surface area contributed by atoms with Gasteiger partial charge in [0.2, 0.25) is 0 Å². The molecule has 0 spiro atoms. The summed E-state index contributed by atoms with van der Waals surface area (Å²) < 4.78 is 1.18. The van der Waals surface area contributed by atoms with Crippen LogP contribution in [0.4, 0.5) is 11.4 Å². The van der Waals surface area contributed by atoms with Crippen LogP contribution in [-0.4, -0.2) is 6.54 Å². The first-order valence-corrected chi connectivity index (χ1v) is 5.96. The number of halogens is 1. The van der Waals surface area contributed by atoms with E-state index in [1.807, 2.05) is 12.1 Å². The Balaban J connectivity index is 2.51. The van der Waals surface area contributed by atoms with E-state index in [0.717, 1.165) is 23.8 Å². The number of benzene rings is 1. The second-order valence-corrected chi connectivity index (χ2v) is 5.09. The van der Waals surface area contributed by atoms with Gasteiger partial charge in [-0.1, -0.05) is 13.8 Å². The minimum absolute atomic E-state index is 0.729. The van der Waals surface area contributed by atoms with Crippen molar-refractivity contribution in [3.8, 4) is 0 Å². The molecule has 0 radical (unpaired) electrons. The van der Waals surface area contributed by atoms with Crippen molar-refractivity contribution in [3.63, 3.8) is 0 Å². The lowest BCUT2D eigenvalue weighted by atomic mass is 10.1. The second-order valence-electron chi connectivity index (χ2n) is 3.84. The van der Waals surface area contributed by atoms with Crippen molar-refractivity contribution >= 4 is 34.0 Å². The van der Waals surface area contributed by atoms with Crippen molar-refractivity contribution in [3.05, 3.63) is 21.8 Å². The molecule has 0 fully saturated rings. The number of nitrogens with one attached hydrogen (secondary N) is 1. The van der Waals surface area contributed by atoms with Gasteiger partial charge in [-0.15, -0.1) is 0 Å². The van der Waals surface area contributed by atoms with Gasteiger partial charge in [-0.05, 0) is 53.1 Å². The number of rotatable bonds is 4. The van der Waals surface area contributed by atoms with E-state index in [9.17, 15) is 0 Å². The van der Waals surface area contributed by atoms with E-state index in [4.69, 9.17) is 5.73 Å². The fourth-order valence-corrected chi connectivity index (χ4v) is 1.71. The van der Waals surface area contributed by atoms with Crippen molar-refractivity contribution in [1.29, 1.82) is 0 Å². The largest absolute Gasteiger partial charge is 0.397 e. The highest BCUT2D eigenvalue weighted by Crippen LogP contribution is 2.20. The van der Waals surface area contributed by atoms with Crippen LogP contribution >= 0.6 is 22.6 Å². The molecule has 0 amide bonds. The SMILES string of the molecule is CC(C)CCNc1ccc(I)cc1N. The van der Waals surface area contributed by atoms with Gasteiger partial charge in [0.1, 0.15) is 0 Å². The highest BCUT2D eigenvalue weighted by atomic mass is 127. The zero-order chi connectivity index (χ0) is 10.6. The number of nitrogens with two attached hydrogens (primary N) is 1. The maximum absolute atomic E-state index is 5.87. The summed E-state index contributed by atoms with van der Waals surface area (Å²) in [7, 11) is 0. The first-order chi connectivity index (χ1) is 6.59. The van der Waals surface area contributed by atoms with Gasteiger partial charge in [0.25, 0.3) is 0 Å². The fraction of sp³-hybridized carbons (Fsp3) is 0.455. The number of hydrogen-bond acceptors (Lipinski definition) is 2. The van der Waals surface area contributed by atoms with Crippen LogP contribution < -0.4 is 11.1 Å². The summed E-state index contributed by atoms with van der Waals surface area (Å²) in [6.45, 7) is 5.43. The average Bonchev–Trinajstić information content (AvgIpc) is 2.08. The minimum Gasteiger partial charge on any atom is -0.397 e. The normalized spacial score (nSPS) is 10.6. The molecule has 14 heavy (non-hydrogen) atoms. The van der Waals surface area contributed by atoms with Crippen molar-refractivity contribution in [2.24, 2.45) is 5.92 Å². The van der Waals surface area contributed by atoms with Gasteiger partial charge in [-0.3, -0.25) is 0 Å². The average molecular weight is 304 g/mol. The molecule has 1 aromatic rings. The van der Waals surface area contributed by atoms with Crippen molar-refractivity contribution in [2.75, 3.05) is 17.6 Å². The molecular formula is C11H17IN2. The van der Waals surface area contributed by atoms with Crippen molar-refractivity contribution < 1.29 is 0 Å². The zero-order valence-electron chi connectivity index (χ0n) is 8.68. The van der Waals surface area contributed by atoms with Crippen LogP contribution in [0, 0.1) is 9.49 Å². The van der Waals surface area contributed by atoms with Gasteiger partial charge >= 0.3 is 0 Å². The van der Waals surface area contributed by atoms with E-state index in [1.165, 1.54) is 9.99 Å². The molecule has 0 unspecified atom stereocenters. The molecule has 1 aromatic carbocycles. The lowest BCUT2D eigenvalue weighted by Gasteiger charge is -2.10. The Morgan fingerprint density at radius 3 is 2.71 bits per heavy atom. The van der Waals surface area contributed by atoms with Crippen LogP contribution in [-0.2, 0) is 0 Å². The Kier molecular flexibility index (Phi) is 4.51.